The van der Waals surface area contributed by atoms with Crippen LogP contribution in [0.3, 0.4) is 0 Å². The second-order valence-electron chi connectivity index (χ2n) is 6.14. The summed E-state index contributed by atoms with van der Waals surface area (Å²) < 4.78 is 15.0. The molecule has 6 nitrogen and oxygen atoms in total. The minimum atomic E-state index is -0.355. The third kappa shape index (κ3) is 3.10. The van der Waals surface area contributed by atoms with Crippen molar-refractivity contribution in [2.75, 3.05) is 13.1 Å². The molecule has 2 N–H and O–H groups in total. The van der Waals surface area contributed by atoms with Crippen LogP contribution in [0.2, 0.25) is 0 Å². The summed E-state index contributed by atoms with van der Waals surface area (Å²) in [5, 5.41) is 4.32. The molecule has 1 aliphatic heterocycles. The zero-order valence-corrected chi connectivity index (χ0v) is 13.2. The lowest BCUT2D eigenvalue weighted by molar-refractivity contribution is 0.0779. The molecule has 0 spiro atoms. The van der Waals surface area contributed by atoms with Crippen molar-refractivity contribution < 1.29 is 9.18 Å². The van der Waals surface area contributed by atoms with Crippen LogP contribution in [0.1, 0.15) is 42.6 Å². The van der Waals surface area contributed by atoms with Crippen molar-refractivity contribution >= 4 is 5.91 Å². The normalized spacial score (nSPS) is 18.0. The van der Waals surface area contributed by atoms with E-state index in [-0.39, 0.29) is 29.5 Å². The molecule has 1 aromatic heterocycles. The molecule has 0 radical (unpaired) electrons. The molecule has 0 bridgehead atoms. The van der Waals surface area contributed by atoms with Crippen LogP contribution in [0, 0.1) is 5.82 Å². The van der Waals surface area contributed by atoms with Crippen molar-refractivity contribution in [3.05, 3.63) is 41.7 Å². The Labute approximate surface area is 134 Å². The highest BCUT2D eigenvalue weighted by atomic mass is 19.1. The maximum atomic E-state index is 13.5. The lowest BCUT2D eigenvalue weighted by Gasteiger charge is -2.12. The summed E-state index contributed by atoms with van der Waals surface area (Å²) in [6.07, 6.45) is 0.785. The number of carbonyl (C=O) groups excluding carboxylic acids is 1. The Morgan fingerprint density at radius 1 is 1.43 bits per heavy atom. The van der Waals surface area contributed by atoms with Crippen molar-refractivity contribution in [1.82, 2.24) is 19.7 Å². The van der Waals surface area contributed by atoms with E-state index < -0.39 is 0 Å². The number of carbonyl (C=O) groups is 1. The van der Waals surface area contributed by atoms with Gasteiger partial charge in [0.15, 0.2) is 0 Å². The van der Waals surface area contributed by atoms with E-state index in [1.54, 1.807) is 17.0 Å². The lowest BCUT2D eigenvalue weighted by atomic mass is 10.2. The van der Waals surface area contributed by atoms with E-state index in [1.807, 2.05) is 13.8 Å². The number of amides is 1. The largest absolute Gasteiger partial charge is 0.334 e. The first-order valence-corrected chi connectivity index (χ1v) is 7.73. The predicted molar refractivity (Wildman–Crippen MR) is 83.9 cm³/mol. The Bertz CT molecular complexity index is 727. The number of hydrogen-bond acceptors (Lipinski definition) is 4. The lowest BCUT2D eigenvalue weighted by Crippen LogP contribution is -2.32. The molecule has 1 saturated heterocycles. The topological polar surface area (TPSA) is 77.0 Å². The zero-order chi connectivity index (χ0) is 16.6. The number of nitrogens with two attached hydrogens (primary N) is 1. The Kier molecular flexibility index (Phi) is 4.12. The SMILES string of the molecule is CC(C)c1nc(C(=O)N2CC[C@@H](N)C2)nn1-c1cccc(F)c1. The number of hydrogen-bond donors (Lipinski definition) is 1. The Morgan fingerprint density at radius 3 is 2.83 bits per heavy atom. The molecule has 0 unspecified atom stereocenters. The van der Waals surface area contributed by atoms with E-state index >= 15 is 0 Å². The molecule has 1 aliphatic rings. The van der Waals surface area contributed by atoms with Gasteiger partial charge in [-0.25, -0.2) is 14.1 Å². The number of likely N-dealkylation sites (tertiary alicyclic amines) is 1. The van der Waals surface area contributed by atoms with Crippen LogP contribution < -0.4 is 5.73 Å². The predicted octanol–water partition coefficient (Wildman–Crippen LogP) is 1.70. The van der Waals surface area contributed by atoms with Gasteiger partial charge in [0.05, 0.1) is 5.69 Å². The van der Waals surface area contributed by atoms with Gasteiger partial charge in [-0.3, -0.25) is 4.79 Å². The molecule has 1 atom stereocenters. The number of aromatic nitrogens is 3. The summed E-state index contributed by atoms with van der Waals surface area (Å²) in [5.74, 6) is 0.226. The van der Waals surface area contributed by atoms with Crippen molar-refractivity contribution in [2.24, 2.45) is 5.73 Å². The van der Waals surface area contributed by atoms with E-state index in [9.17, 15) is 9.18 Å². The second kappa shape index (κ2) is 6.08. The van der Waals surface area contributed by atoms with E-state index in [1.165, 1.54) is 16.8 Å². The molecule has 2 aromatic rings. The van der Waals surface area contributed by atoms with Crippen molar-refractivity contribution in [2.45, 2.75) is 32.2 Å². The van der Waals surface area contributed by atoms with Crippen LogP contribution >= 0.6 is 0 Å². The Morgan fingerprint density at radius 2 is 2.22 bits per heavy atom. The third-order valence-electron chi connectivity index (χ3n) is 3.90. The van der Waals surface area contributed by atoms with Crippen LogP contribution in [0.5, 0.6) is 0 Å². The number of halogens is 1. The van der Waals surface area contributed by atoms with Gasteiger partial charge in [-0.15, -0.1) is 5.10 Å². The summed E-state index contributed by atoms with van der Waals surface area (Å²) >= 11 is 0. The van der Waals surface area contributed by atoms with Gasteiger partial charge in [0.2, 0.25) is 5.82 Å². The van der Waals surface area contributed by atoms with Gasteiger partial charge < -0.3 is 10.6 Å². The van der Waals surface area contributed by atoms with Crippen LogP contribution in [0.4, 0.5) is 4.39 Å². The average Bonchev–Trinajstić information content (AvgIpc) is 3.13. The highest BCUT2D eigenvalue weighted by molar-refractivity contribution is 5.90. The number of benzene rings is 1. The standard InChI is InChI=1S/C16H20FN5O/c1-10(2)15-19-14(16(23)21-7-6-12(18)9-21)20-22(15)13-5-3-4-11(17)8-13/h3-5,8,10,12H,6-7,9,18H2,1-2H3/t12-/m1/s1. The fourth-order valence-corrected chi connectivity index (χ4v) is 2.70. The van der Waals surface area contributed by atoms with Crippen molar-refractivity contribution in [1.29, 1.82) is 0 Å². The summed E-state index contributed by atoms with van der Waals surface area (Å²) in [6, 6.07) is 6.10. The van der Waals surface area contributed by atoms with Crippen LogP contribution in [-0.4, -0.2) is 44.7 Å². The fraction of sp³-hybridized carbons (Fsp3) is 0.438. The van der Waals surface area contributed by atoms with Crippen molar-refractivity contribution in [3.8, 4) is 5.69 Å². The summed E-state index contributed by atoms with van der Waals surface area (Å²) in [7, 11) is 0. The number of nitrogens with zero attached hydrogens (tertiary/aromatic N) is 4. The van der Waals surface area contributed by atoms with Gasteiger partial charge >= 0.3 is 0 Å². The second-order valence-corrected chi connectivity index (χ2v) is 6.14. The monoisotopic (exact) mass is 317 g/mol. The highest BCUT2D eigenvalue weighted by Crippen LogP contribution is 2.19. The molecule has 1 aromatic carbocycles. The van der Waals surface area contributed by atoms with Gasteiger partial charge in [0, 0.05) is 25.0 Å². The maximum Gasteiger partial charge on any atom is 0.293 e. The van der Waals surface area contributed by atoms with Crippen molar-refractivity contribution in [3.63, 3.8) is 0 Å². The molecule has 122 valence electrons. The molecule has 1 amide bonds. The Balaban J connectivity index is 1.97. The fourth-order valence-electron chi connectivity index (χ4n) is 2.70. The molecule has 1 fully saturated rings. The van der Waals surface area contributed by atoms with Crippen LogP contribution in [0.25, 0.3) is 5.69 Å². The molecule has 0 aliphatic carbocycles. The highest BCUT2D eigenvalue weighted by Gasteiger charge is 2.28. The first-order valence-electron chi connectivity index (χ1n) is 7.73. The quantitative estimate of drug-likeness (QED) is 0.935. The first-order chi connectivity index (χ1) is 11.0. The summed E-state index contributed by atoms with van der Waals surface area (Å²) in [6.45, 7) is 5.05. The summed E-state index contributed by atoms with van der Waals surface area (Å²) in [5.41, 5.74) is 6.40. The van der Waals surface area contributed by atoms with Gasteiger partial charge in [-0.2, -0.15) is 0 Å². The van der Waals surface area contributed by atoms with Gasteiger partial charge in [-0.1, -0.05) is 19.9 Å². The molecule has 0 saturated carbocycles. The minimum Gasteiger partial charge on any atom is -0.334 e. The molecular weight excluding hydrogens is 297 g/mol. The Hall–Kier alpha value is -2.28. The van der Waals surface area contributed by atoms with Crippen LogP contribution in [0.15, 0.2) is 24.3 Å². The molecule has 3 rings (SSSR count). The summed E-state index contributed by atoms with van der Waals surface area (Å²) in [4.78, 5) is 18.6. The van der Waals surface area contributed by atoms with Gasteiger partial charge in [-0.05, 0) is 24.6 Å². The first kappa shape index (κ1) is 15.6. The van der Waals surface area contributed by atoms with E-state index in [2.05, 4.69) is 10.1 Å². The minimum absolute atomic E-state index is 0.00817. The van der Waals surface area contributed by atoms with Crippen LogP contribution in [-0.2, 0) is 0 Å². The maximum absolute atomic E-state index is 13.5. The molecule has 7 heteroatoms. The van der Waals surface area contributed by atoms with E-state index in [0.717, 1.165) is 6.42 Å². The van der Waals surface area contributed by atoms with Gasteiger partial charge in [0.1, 0.15) is 11.6 Å². The molecule has 23 heavy (non-hydrogen) atoms. The number of rotatable bonds is 3. The van der Waals surface area contributed by atoms with E-state index in [4.69, 9.17) is 5.73 Å². The van der Waals surface area contributed by atoms with Gasteiger partial charge in [0.25, 0.3) is 5.91 Å². The zero-order valence-electron chi connectivity index (χ0n) is 13.2. The third-order valence-corrected chi connectivity index (χ3v) is 3.90. The molecule has 2 heterocycles. The molecular formula is C16H20FN5O. The average molecular weight is 317 g/mol. The smallest absolute Gasteiger partial charge is 0.293 e. The van der Waals surface area contributed by atoms with E-state index in [0.29, 0.717) is 24.6 Å².